The van der Waals surface area contributed by atoms with E-state index in [1.54, 1.807) is 38.1 Å². The van der Waals surface area contributed by atoms with E-state index in [2.05, 4.69) is 9.72 Å². The predicted molar refractivity (Wildman–Crippen MR) is 110 cm³/mol. The zero-order chi connectivity index (χ0) is 22.4. The van der Waals surface area contributed by atoms with Gasteiger partial charge >= 0.3 is 6.61 Å². The van der Waals surface area contributed by atoms with Gasteiger partial charge in [-0.3, -0.25) is 4.79 Å². The van der Waals surface area contributed by atoms with Crippen LogP contribution < -0.4 is 14.2 Å². The Balaban J connectivity index is 1.81. The molecule has 0 aliphatic carbocycles. The van der Waals surface area contributed by atoms with E-state index >= 15 is 0 Å². The van der Waals surface area contributed by atoms with Gasteiger partial charge in [0.05, 0.1) is 30.4 Å². The molecule has 6 nitrogen and oxygen atoms in total. The molecule has 164 valence electrons. The number of aromatic nitrogens is 1. The van der Waals surface area contributed by atoms with Crippen LogP contribution in [0.25, 0.3) is 11.5 Å². The van der Waals surface area contributed by atoms with Crippen LogP contribution in [-0.4, -0.2) is 30.1 Å². The third kappa shape index (κ3) is 5.81. The van der Waals surface area contributed by atoms with E-state index in [1.165, 1.54) is 24.5 Å². The SMILES string of the molecule is CCOc1ccccc1C(=O)Cc1coc(-c2ccc(OC(F)F)c(OC(C)C)c2)n1. The van der Waals surface area contributed by atoms with E-state index in [0.29, 0.717) is 29.2 Å². The maximum atomic E-state index is 12.7. The van der Waals surface area contributed by atoms with Gasteiger partial charge in [0, 0.05) is 5.56 Å². The van der Waals surface area contributed by atoms with Crippen LogP contribution in [0.1, 0.15) is 36.8 Å². The molecule has 0 radical (unpaired) electrons. The standard InChI is InChI=1S/C23H23F2NO5/c1-4-28-19-8-6-5-7-17(19)18(27)12-16-13-29-22(26-16)15-9-10-20(31-23(24)25)21(11-15)30-14(2)3/h5-11,13-14,23H,4,12H2,1-3H3. The fraction of sp³-hybridized carbons (Fsp3) is 0.304. The highest BCUT2D eigenvalue weighted by molar-refractivity contribution is 5.99. The molecule has 0 saturated heterocycles. The van der Waals surface area contributed by atoms with Gasteiger partial charge in [-0.05, 0) is 51.1 Å². The molecule has 0 N–H and O–H groups in total. The predicted octanol–water partition coefficient (Wildman–Crippen LogP) is 5.55. The number of oxazole rings is 1. The lowest BCUT2D eigenvalue weighted by Crippen LogP contribution is -2.09. The Morgan fingerprint density at radius 2 is 1.84 bits per heavy atom. The quantitative estimate of drug-likeness (QED) is 0.392. The minimum absolute atomic E-state index is 0.0233. The van der Waals surface area contributed by atoms with E-state index in [4.69, 9.17) is 13.9 Å². The first-order chi connectivity index (χ1) is 14.9. The number of hydrogen-bond donors (Lipinski definition) is 0. The monoisotopic (exact) mass is 431 g/mol. The number of alkyl halides is 2. The van der Waals surface area contributed by atoms with Gasteiger partial charge in [0.2, 0.25) is 5.89 Å². The van der Waals surface area contributed by atoms with Crippen LogP contribution in [0.3, 0.4) is 0 Å². The fourth-order valence-electron chi connectivity index (χ4n) is 2.94. The van der Waals surface area contributed by atoms with Gasteiger partial charge in [0.15, 0.2) is 17.3 Å². The molecule has 1 heterocycles. The Labute approximate surface area is 178 Å². The highest BCUT2D eigenvalue weighted by Gasteiger charge is 2.18. The van der Waals surface area contributed by atoms with Crippen molar-refractivity contribution in [3.63, 3.8) is 0 Å². The molecule has 0 saturated carbocycles. The van der Waals surface area contributed by atoms with Gasteiger partial charge in [-0.1, -0.05) is 12.1 Å². The summed E-state index contributed by atoms with van der Waals surface area (Å²) in [5.41, 5.74) is 1.41. The number of ether oxygens (including phenoxy) is 3. The molecule has 0 spiro atoms. The number of Topliss-reactive ketones (excluding diaryl/α,β-unsaturated/α-hetero) is 1. The summed E-state index contributed by atoms with van der Waals surface area (Å²) in [5, 5.41) is 0. The average molecular weight is 431 g/mol. The highest BCUT2D eigenvalue weighted by Crippen LogP contribution is 2.34. The third-order valence-electron chi connectivity index (χ3n) is 4.15. The molecule has 0 bridgehead atoms. The van der Waals surface area contributed by atoms with Crippen LogP contribution in [0, 0.1) is 0 Å². The second kappa shape index (κ2) is 10.1. The lowest BCUT2D eigenvalue weighted by molar-refractivity contribution is -0.0518. The summed E-state index contributed by atoms with van der Waals surface area (Å²) in [4.78, 5) is 17.1. The number of carbonyl (C=O) groups is 1. The van der Waals surface area contributed by atoms with Crippen LogP contribution in [-0.2, 0) is 6.42 Å². The van der Waals surface area contributed by atoms with E-state index in [9.17, 15) is 13.6 Å². The molecule has 8 heteroatoms. The Morgan fingerprint density at radius 1 is 1.06 bits per heavy atom. The fourth-order valence-corrected chi connectivity index (χ4v) is 2.94. The first kappa shape index (κ1) is 22.3. The molecular weight excluding hydrogens is 408 g/mol. The van der Waals surface area contributed by atoms with Crippen LogP contribution >= 0.6 is 0 Å². The van der Waals surface area contributed by atoms with Crippen molar-refractivity contribution < 1.29 is 32.2 Å². The molecule has 0 aliphatic rings. The number of halogens is 2. The normalized spacial score (nSPS) is 11.1. The van der Waals surface area contributed by atoms with Crippen molar-refractivity contribution in [3.8, 4) is 28.7 Å². The number of para-hydroxylation sites is 1. The topological polar surface area (TPSA) is 70.8 Å². The van der Waals surface area contributed by atoms with Crippen LogP contribution in [0.15, 0.2) is 53.1 Å². The summed E-state index contributed by atoms with van der Waals surface area (Å²) in [7, 11) is 0. The van der Waals surface area contributed by atoms with Crippen LogP contribution in [0.2, 0.25) is 0 Å². The van der Waals surface area contributed by atoms with Gasteiger partial charge < -0.3 is 18.6 Å². The number of benzene rings is 2. The molecule has 0 atom stereocenters. The number of hydrogen-bond acceptors (Lipinski definition) is 6. The third-order valence-corrected chi connectivity index (χ3v) is 4.15. The van der Waals surface area contributed by atoms with Crippen molar-refractivity contribution in [1.29, 1.82) is 0 Å². The van der Waals surface area contributed by atoms with Crippen LogP contribution in [0.5, 0.6) is 17.2 Å². The largest absolute Gasteiger partial charge is 0.493 e. The second-order valence-corrected chi connectivity index (χ2v) is 6.88. The van der Waals surface area contributed by atoms with Gasteiger partial charge in [0.25, 0.3) is 0 Å². The molecule has 31 heavy (non-hydrogen) atoms. The van der Waals surface area contributed by atoms with Crippen molar-refractivity contribution in [2.75, 3.05) is 6.61 Å². The zero-order valence-corrected chi connectivity index (χ0v) is 17.4. The van der Waals surface area contributed by atoms with E-state index in [0.717, 1.165) is 0 Å². The molecule has 1 aromatic heterocycles. The second-order valence-electron chi connectivity index (χ2n) is 6.88. The van der Waals surface area contributed by atoms with Gasteiger partial charge in [-0.2, -0.15) is 8.78 Å². The van der Waals surface area contributed by atoms with E-state index in [1.807, 2.05) is 6.92 Å². The van der Waals surface area contributed by atoms with Crippen molar-refractivity contribution in [3.05, 3.63) is 60.0 Å². The van der Waals surface area contributed by atoms with Crippen molar-refractivity contribution in [2.24, 2.45) is 0 Å². The molecular formula is C23H23F2NO5. The lowest BCUT2D eigenvalue weighted by Gasteiger charge is -2.15. The summed E-state index contributed by atoms with van der Waals surface area (Å²) < 4.78 is 46.4. The minimum Gasteiger partial charge on any atom is -0.493 e. The Hall–Kier alpha value is -3.42. The summed E-state index contributed by atoms with van der Waals surface area (Å²) in [5.74, 6) is 0.659. The highest BCUT2D eigenvalue weighted by atomic mass is 19.3. The smallest absolute Gasteiger partial charge is 0.387 e. The van der Waals surface area contributed by atoms with Gasteiger partial charge in [-0.25, -0.2) is 4.98 Å². The Bertz CT molecular complexity index is 1030. The molecule has 3 rings (SSSR count). The summed E-state index contributed by atoms with van der Waals surface area (Å²) >= 11 is 0. The summed E-state index contributed by atoms with van der Waals surface area (Å²) in [6.07, 6.45) is 1.16. The van der Waals surface area contributed by atoms with E-state index in [-0.39, 0.29) is 35.7 Å². The minimum atomic E-state index is -2.97. The first-order valence-corrected chi connectivity index (χ1v) is 9.82. The van der Waals surface area contributed by atoms with Crippen LogP contribution in [0.4, 0.5) is 8.78 Å². The Morgan fingerprint density at radius 3 is 2.55 bits per heavy atom. The molecule has 2 aromatic carbocycles. The number of nitrogens with zero attached hydrogens (tertiary/aromatic N) is 1. The Kier molecular flexibility index (Phi) is 7.23. The molecule has 0 fully saturated rings. The molecule has 0 aliphatic heterocycles. The summed E-state index contributed by atoms with van der Waals surface area (Å²) in [6.45, 7) is 2.87. The van der Waals surface area contributed by atoms with Gasteiger partial charge in [-0.15, -0.1) is 0 Å². The van der Waals surface area contributed by atoms with Crippen molar-refractivity contribution in [1.82, 2.24) is 4.98 Å². The maximum Gasteiger partial charge on any atom is 0.387 e. The lowest BCUT2D eigenvalue weighted by atomic mass is 10.1. The van der Waals surface area contributed by atoms with Crippen molar-refractivity contribution in [2.45, 2.75) is 39.9 Å². The van der Waals surface area contributed by atoms with Gasteiger partial charge in [0.1, 0.15) is 12.0 Å². The summed E-state index contributed by atoms with van der Waals surface area (Å²) in [6, 6.07) is 11.4. The maximum absolute atomic E-state index is 12.7. The van der Waals surface area contributed by atoms with Crippen molar-refractivity contribution >= 4 is 5.78 Å². The molecule has 0 amide bonds. The number of carbonyl (C=O) groups excluding carboxylic acids is 1. The average Bonchev–Trinajstić information content (AvgIpc) is 3.17. The first-order valence-electron chi connectivity index (χ1n) is 9.82. The zero-order valence-electron chi connectivity index (χ0n) is 17.4. The number of ketones is 1. The molecule has 0 unspecified atom stereocenters. The van der Waals surface area contributed by atoms with E-state index < -0.39 is 6.61 Å². The molecule has 3 aromatic rings. The number of rotatable bonds is 10.